The van der Waals surface area contributed by atoms with Crippen molar-refractivity contribution in [3.63, 3.8) is 0 Å². The molecule has 0 saturated carbocycles. The van der Waals surface area contributed by atoms with Crippen LogP contribution in [0.5, 0.6) is 0 Å². The van der Waals surface area contributed by atoms with E-state index in [0.29, 0.717) is 13.1 Å². The van der Waals surface area contributed by atoms with E-state index in [-0.39, 0.29) is 18.7 Å². The molecule has 1 unspecified atom stereocenters. The molecule has 0 aliphatic heterocycles. The molecule has 1 atom stereocenters. The summed E-state index contributed by atoms with van der Waals surface area (Å²) in [5.74, 6) is -1.57. The van der Waals surface area contributed by atoms with Crippen LogP contribution in [0, 0.1) is 0 Å². The van der Waals surface area contributed by atoms with E-state index in [4.69, 9.17) is 5.11 Å². The van der Waals surface area contributed by atoms with E-state index in [2.05, 4.69) is 19.2 Å². The maximum Gasteiger partial charge on any atom is 0.303 e. The number of carbonyl (C=O) groups excluding carboxylic acids is 2. The largest absolute Gasteiger partial charge is 0.481 e. The highest BCUT2D eigenvalue weighted by Crippen LogP contribution is 2.09. The molecule has 2 amide bonds. The zero-order valence-corrected chi connectivity index (χ0v) is 18.3. The van der Waals surface area contributed by atoms with Gasteiger partial charge in [0.2, 0.25) is 11.8 Å². The summed E-state index contributed by atoms with van der Waals surface area (Å²) < 4.78 is 0. The first-order chi connectivity index (χ1) is 14.5. The molecule has 0 aromatic heterocycles. The minimum Gasteiger partial charge on any atom is -0.481 e. The Morgan fingerprint density at radius 3 is 2.13 bits per heavy atom. The molecule has 1 rings (SSSR count). The van der Waals surface area contributed by atoms with Gasteiger partial charge in [-0.05, 0) is 30.9 Å². The Labute approximate surface area is 180 Å². The third kappa shape index (κ3) is 10.8. The third-order valence-corrected chi connectivity index (χ3v) is 4.86. The van der Waals surface area contributed by atoms with E-state index in [0.717, 1.165) is 44.1 Å². The predicted molar refractivity (Wildman–Crippen MR) is 120 cm³/mol. The zero-order chi connectivity index (χ0) is 22.2. The second-order valence-electron chi connectivity index (χ2n) is 7.48. The Morgan fingerprint density at radius 1 is 1.00 bits per heavy atom. The molecular weight excluding hydrogens is 380 g/mol. The summed E-state index contributed by atoms with van der Waals surface area (Å²) in [4.78, 5) is 38.4. The number of amides is 2. The van der Waals surface area contributed by atoms with Gasteiger partial charge < -0.3 is 15.3 Å². The maximum atomic E-state index is 13.1. The average Bonchev–Trinajstić information content (AvgIpc) is 2.74. The number of carbonyl (C=O) groups is 3. The van der Waals surface area contributed by atoms with Crippen LogP contribution in [0.2, 0.25) is 0 Å². The molecule has 1 aromatic carbocycles. The molecular formula is C24H36N2O4. The van der Waals surface area contributed by atoms with Crippen LogP contribution < -0.4 is 5.32 Å². The van der Waals surface area contributed by atoms with E-state index in [1.807, 2.05) is 30.3 Å². The van der Waals surface area contributed by atoms with Gasteiger partial charge in [0.1, 0.15) is 6.04 Å². The van der Waals surface area contributed by atoms with Crippen molar-refractivity contribution in [2.24, 2.45) is 0 Å². The van der Waals surface area contributed by atoms with Gasteiger partial charge in [-0.25, -0.2) is 0 Å². The average molecular weight is 417 g/mol. The standard InChI is InChI=1S/C24H36N2O4/c1-3-5-10-18-26(19-11-6-4-2)24(30)21(15-17-23(28)29)25-22(27)16-14-20-12-8-7-9-13-20/h7-9,12-14,16,21H,3-6,10-11,15,17-19H2,1-2H3,(H,25,27)(H,28,29). The lowest BCUT2D eigenvalue weighted by Crippen LogP contribution is -2.49. The van der Waals surface area contributed by atoms with E-state index in [1.165, 1.54) is 6.08 Å². The fourth-order valence-electron chi connectivity index (χ4n) is 3.14. The lowest BCUT2D eigenvalue weighted by Gasteiger charge is -2.28. The second-order valence-corrected chi connectivity index (χ2v) is 7.48. The molecule has 2 N–H and O–H groups in total. The summed E-state index contributed by atoms with van der Waals surface area (Å²) in [7, 11) is 0. The maximum absolute atomic E-state index is 13.1. The van der Waals surface area contributed by atoms with Crippen molar-refractivity contribution in [2.75, 3.05) is 13.1 Å². The van der Waals surface area contributed by atoms with Gasteiger partial charge in [0.05, 0.1) is 0 Å². The topological polar surface area (TPSA) is 86.7 Å². The highest BCUT2D eigenvalue weighted by molar-refractivity contribution is 5.95. The zero-order valence-electron chi connectivity index (χ0n) is 18.3. The van der Waals surface area contributed by atoms with Crippen LogP contribution in [0.15, 0.2) is 36.4 Å². The minimum atomic E-state index is -0.981. The Morgan fingerprint density at radius 2 is 1.60 bits per heavy atom. The van der Waals surface area contributed by atoms with Gasteiger partial charge in [0.15, 0.2) is 0 Å². The second kappa shape index (κ2) is 15.2. The first kappa shape index (κ1) is 25.4. The van der Waals surface area contributed by atoms with Crippen LogP contribution in [-0.2, 0) is 14.4 Å². The lowest BCUT2D eigenvalue weighted by atomic mass is 10.1. The van der Waals surface area contributed by atoms with Gasteiger partial charge in [-0.2, -0.15) is 0 Å². The molecule has 0 fully saturated rings. The van der Waals surface area contributed by atoms with Crippen molar-refractivity contribution in [3.8, 4) is 0 Å². The normalized spacial score (nSPS) is 11.9. The van der Waals surface area contributed by atoms with Crippen LogP contribution in [0.3, 0.4) is 0 Å². The lowest BCUT2D eigenvalue weighted by molar-refractivity contribution is -0.139. The van der Waals surface area contributed by atoms with Crippen LogP contribution in [0.1, 0.15) is 70.8 Å². The number of rotatable bonds is 15. The number of hydrogen-bond donors (Lipinski definition) is 2. The molecule has 0 saturated heterocycles. The number of unbranched alkanes of at least 4 members (excludes halogenated alkanes) is 4. The fraction of sp³-hybridized carbons (Fsp3) is 0.542. The molecule has 0 spiro atoms. The summed E-state index contributed by atoms with van der Waals surface area (Å²) >= 11 is 0. The minimum absolute atomic E-state index is 0.0805. The molecule has 30 heavy (non-hydrogen) atoms. The Kier molecular flexibility index (Phi) is 12.9. The number of benzene rings is 1. The summed E-state index contributed by atoms with van der Waals surface area (Å²) in [6.07, 6.45) is 8.95. The SMILES string of the molecule is CCCCCN(CCCCC)C(=O)C(CCC(=O)O)NC(=O)C=Cc1ccccc1. The number of aliphatic carboxylic acids is 1. The first-order valence-electron chi connectivity index (χ1n) is 11.0. The number of nitrogens with zero attached hydrogens (tertiary/aromatic N) is 1. The fourth-order valence-corrected chi connectivity index (χ4v) is 3.14. The smallest absolute Gasteiger partial charge is 0.303 e. The van der Waals surface area contributed by atoms with Crippen molar-refractivity contribution in [1.29, 1.82) is 0 Å². The number of hydrogen-bond acceptors (Lipinski definition) is 3. The van der Waals surface area contributed by atoms with E-state index >= 15 is 0 Å². The first-order valence-corrected chi connectivity index (χ1v) is 11.0. The molecule has 0 aliphatic carbocycles. The molecule has 0 aliphatic rings. The van der Waals surface area contributed by atoms with Gasteiger partial charge in [-0.3, -0.25) is 14.4 Å². The molecule has 6 nitrogen and oxygen atoms in total. The summed E-state index contributed by atoms with van der Waals surface area (Å²) in [5, 5.41) is 11.8. The third-order valence-electron chi connectivity index (χ3n) is 4.86. The monoisotopic (exact) mass is 416 g/mol. The number of nitrogens with one attached hydrogen (secondary N) is 1. The molecule has 1 aromatic rings. The molecule has 166 valence electrons. The summed E-state index contributed by atoms with van der Waals surface area (Å²) in [5.41, 5.74) is 0.877. The van der Waals surface area contributed by atoms with Crippen LogP contribution in [0.4, 0.5) is 0 Å². The van der Waals surface area contributed by atoms with Gasteiger partial charge in [0, 0.05) is 25.6 Å². The summed E-state index contributed by atoms with van der Waals surface area (Å²) in [6, 6.07) is 8.56. The van der Waals surface area contributed by atoms with Crippen molar-refractivity contribution < 1.29 is 19.5 Å². The van der Waals surface area contributed by atoms with Gasteiger partial charge in [-0.1, -0.05) is 69.9 Å². The molecule has 0 bridgehead atoms. The molecule has 6 heteroatoms. The molecule has 0 heterocycles. The molecule has 0 radical (unpaired) electrons. The van der Waals surface area contributed by atoms with Gasteiger partial charge in [-0.15, -0.1) is 0 Å². The van der Waals surface area contributed by atoms with Crippen LogP contribution in [-0.4, -0.2) is 46.9 Å². The van der Waals surface area contributed by atoms with Crippen LogP contribution >= 0.6 is 0 Å². The quantitative estimate of drug-likeness (QED) is 0.330. The van der Waals surface area contributed by atoms with Crippen molar-refractivity contribution in [2.45, 2.75) is 71.3 Å². The number of carboxylic acids is 1. The van der Waals surface area contributed by atoms with E-state index in [9.17, 15) is 14.4 Å². The van der Waals surface area contributed by atoms with Crippen LogP contribution in [0.25, 0.3) is 6.08 Å². The van der Waals surface area contributed by atoms with E-state index < -0.39 is 17.9 Å². The van der Waals surface area contributed by atoms with Crippen molar-refractivity contribution in [1.82, 2.24) is 10.2 Å². The Hall–Kier alpha value is -2.63. The van der Waals surface area contributed by atoms with Gasteiger partial charge >= 0.3 is 5.97 Å². The van der Waals surface area contributed by atoms with E-state index in [1.54, 1.807) is 11.0 Å². The van der Waals surface area contributed by atoms with Gasteiger partial charge in [0.25, 0.3) is 0 Å². The van der Waals surface area contributed by atoms with Crippen molar-refractivity contribution >= 4 is 23.9 Å². The predicted octanol–water partition coefficient (Wildman–Crippen LogP) is 4.26. The van der Waals surface area contributed by atoms with Crippen molar-refractivity contribution in [3.05, 3.63) is 42.0 Å². The summed E-state index contributed by atoms with van der Waals surface area (Å²) in [6.45, 7) is 5.49. The Balaban J connectivity index is 2.83. The highest BCUT2D eigenvalue weighted by atomic mass is 16.4. The number of carboxylic acid groups (broad SMARTS) is 1. The highest BCUT2D eigenvalue weighted by Gasteiger charge is 2.25. The Bertz CT molecular complexity index is 663.